The summed E-state index contributed by atoms with van der Waals surface area (Å²) in [4.78, 5) is 7.89. The fourth-order valence-corrected chi connectivity index (χ4v) is 3.46. The molecule has 4 aromatic rings. The summed E-state index contributed by atoms with van der Waals surface area (Å²) in [6.07, 6.45) is 1.88. The molecule has 2 aromatic heterocycles. The molecule has 0 amide bonds. The van der Waals surface area contributed by atoms with Gasteiger partial charge in [0.15, 0.2) is 0 Å². The van der Waals surface area contributed by atoms with E-state index in [4.69, 9.17) is 14.7 Å². The molecule has 0 atom stereocenters. The van der Waals surface area contributed by atoms with Crippen molar-refractivity contribution in [3.05, 3.63) is 76.6 Å². The van der Waals surface area contributed by atoms with Crippen molar-refractivity contribution >= 4 is 11.3 Å². The fourth-order valence-electron chi connectivity index (χ4n) is 2.82. The van der Waals surface area contributed by atoms with Gasteiger partial charge in [-0.3, -0.25) is 0 Å². The van der Waals surface area contributed by atoms with Crippen LogP contribution < -0.4 is 9.47 Å². The minimum atomic E-state index is 0.416. The van der Waals surface area contributed by atoms with E-state index in [0.717, 1.165) is 28.2 Å². The van der Waals surface area contributed by atoms with Crippen molar-refractivity contribution in [3.8, 4) is 40.2 Å². The van der Waals surface area contributed by atoms with E-state index < -0.39 is 0 Å². The third-order valence-electron chi connectivity index (χ3n) is 4.31. The van der Waals surface area contributed by atoms with Crippen LogP contribution >= 0.6 is 11.3 Å². The summed E-state index contributed by atoms with van der Waals surface area (Å²) in [5, 5.41) is 12.9. The second-order valence-electron chi connectivity index (χ2n) is 6.11. The Morgan fingerprint density at radius 2 is 2.00 bits per heavy atom. The first-order valence-corrected chi connectivity index (χ1v) is 9.59. The molecule has 0 radical (unpaired) electrons. The van der Waals surface area contributed by atoms with Gasteiger partial charge in [0.25, 0.3) is 0 Å². The van der Waals surface area contributed by atoms with Crippen molar-refractivity contribution in [1.29, 1.82) is 5.26 Å². The van der Waals surface area contributed by atoms with E-state index in [1.165, 1.54) is 0 Å². The second kappa shape index (κ2) is 7.99. The average molecular weight is 387 g/mol. The van der Waals surface area contributed by atoms with Crippen LogP contribution in [0.1, 0.15) is 11.1 Å². The molecule has 0 bridgehead atoms. The van der Waals surface area contributed by atoms with Crippen molar-refractivity contribution in [2.24, 2.45) is 0 Å². The van der Waals surface area contributed by atoms with Gasteiger partial charge in [-0.2, -0.15) is 16.6 Å². The zero-order valence-corrected chi connectivity index (χ0v) is 16.0. The number of thiophene rings is 1. The van der Waals surface area contributed by atoms with Gasteiger partial charge in [0.2, 0.25) is 0 Å². The van der Waals surface area contributed by atoms with Gasteiger partial charge in [0.1, 0.15) is 23.9 Å². The molecule has 0 spiro atoms. The van der Waals surface area contributed by atoms with E-state index in [9.17, 15) is 0 Å². The van der Waals surface area contributed by atoms with E-state index in [0.29, 0.717) is 23.7 Å². The van der Waals surface area contributed by atoms with Gasteiger partial charge in [-0.1, -0.05) is 12.1 Å². The largest absolute Gasteiger partial charge is 0.496 e. The van der Waals surface area contributed by atoms with Crippen LogP contribution in [0.2, 0.25) is 0 Å². The summed E-state index contributed by atoms with van der Waals surface area (Å²) in [5.74, 6) is 2.23. The van der Waals surface area contributed by atoms with Crippen molar-refractivity contribution in [3.63, 3.8) is 0 Å². The third kappa shape index (κ3) is 3.75. The molecule has 0 saturated carbocycles. The van der Waals surface area contributed by atoms with Gasteiger partial charge in [0.05, 0.1) is 24.4 Å². The lowest BCUT2D eigenvalue weighted by Gasteiger charge is -2.11. The minimum Gasteiger partial charge on any atom is -0.496 e. The summed E-state index contributed by atoms with van der Waals surface area (Å²) in [6, 6.07) is 17.2. The maximum atomic E-state index is 8.87. The Kier molecular flexibility index (Phi) is 5.09. The Morgan fingerprint density at radius 3 is 2.71 bits per heavy atom. The van der Waals surface area contributed by atoms with Gasteiger partial charge in [-0.15, -0.1) is 0 Å². The van der Waals surface area contributed by atoms with Crippen molar-refractivity contribution < 1.29 is 9.47 Å². The fraction of sp³-hybridized carbons (Fsp3) is 0.0909. The molecule has 0 fully saturated rings. The minimum absolute atomic E-state index is 0.416. The molecule has 1 N–H and O–H groups in total. The summed E-state index contributed by atoms with van der Waals surface area (Å²) in [6.45, 7) is 0.416. The summed E-state index contributed by atoms with van der Waals surface area (Å²) in [7, 11) is 1.63. The number of hydrogen-bond acceptors (Lipinski definition) is 5. The maximum absolute atomic E-state index is 8.87. The molecule has 138 valence electrons. The van der Waals surface area contributed by atoms with Gasteiger partial charge in [-0.05, 0) is 41.3 Å². The first-order valence-electron chi connectivity index (χ1n) is 8.65. The second-order valence-corrected chi connectivity index (χ2v) is 6.89. The van der Waals surface area contributed by atoms with Crippen LogP contribution in [-0.4, -0.2) is 17.1 Å². The van der Waals surface area contributed by atoms with E-state index >= 15 is 0 Å². The molecule has 6 heteroatoms. The molecule has 5 nitrogen and oxygen atoms in total. The highest BCUT2D eigenvalue weighted by molar-refractivity contribution is 7.08. The van der Waals surface area contributed by atoms with Crippen LogP contribution in [0, 0.1) is 11.3 Å². The number of benzene rings is 2. The van der Waals surface area contributed by atoms with Gasteiger partial charge >= 0.3 is 0 Å². The standard InChI is InChI=1S/C22H17N3O2S/c1-26-21-10-18(27-13-16-4-2-15(11-23)3-5-16)6-7-19(21)20-12-24-22(25-20)17-8-9-28-14-17/h2-10,12,14H,13H2,1H3,(H,24,25). The van der Waals surface area contributed by atoms with Crippen LogP contribution in [0.4, 0.5) is 0 Å². The average Bonchev–Trinajstić information content (AvgIpc) is 3.44. The number of rotatable bonds is 6. The molecular formula is C22H17N3O2S. The van der Waals surface area contributed by atoms with Crippen LogP contribution in [0.3, 0.4) is 0 Å². The number of imidazole rings is 1. The van der Waals surface area contributed by atoms with Crippen molar-refractivity contribution in [2.75, 3.05) is 7.11 Å². The molecule has 4 rings (SSSR count). The molecule has 28 heavy (non-hydrogen) atoms. The molecule has 0 aliphatic heterocycles. The van der Waals surface area contributed by atoms with Crippen molar-refractivity contribution in [1.82, 2.24) is 9.97 Å². The predicted octanol–water partition coefficient (Wildman–Crippen LogP) is 5.26. The zero-order chi connectivity index (χ0) is 19.3. The number of H-pyrrole nitrogens is 1. The molecule has 0 unspecified atom stereocenters. The van der Waals surface area contributed by atoms with E-state index in [2.05, 4.69) is 21.4 Å². The Morgan fingerprint density at radius 1 is 1.14 bits per heavy atom. The smallest absolute Gasteiger partial charge is 0.138 e. The molecule has 2 aromatic carbocycles. The highest BCUT2D eigenvalue weighted by atomic mass is 32.1. The van der Waals surface area contributed by atoms with Gasteiger partial charge in [0, 0.05) is 28.8 Å². The molecule has 0 aliphatic rings. The third-order valence-corrected chi connectivity index (χ3v) is 4.99. The highest BCUT2D eigenvalue weighted by Crippen LogP contribution is 2.33. The normalized spacial score (nSPS) is 10.4. The number of nitriles is 1. The van der Waals surface area contributed by atoms with Crippen molar-refractivity contribution in [2.45, 2.75) is 6.61 Å². The van der Waals surface area contributed by atoms with Crippen LogP contribution in [-0.2, 0) is 6.61 Å². The topological polar surface area (TPSA) is 70.9 Å². The molecule has 0 aliphatic carbocycles. The Hall–Kier alpha value is -3.56. The summed E-state index contributed by atoms with van der Waals surface area (Å²) >= 11 is 1.64. The highest BCUT2D eigenvalue weighted by Gasteiger charge is 2.12. The predicted molar refractivity (Wildman–Crippen MR) is 109 cm³/mol. The number of nitrogens with zero attached hydrogens (tertiary/aromatic N) is 2. The number of aromatic nitrogens is 2. The Balaban J connectivity index is 1.52. The first-order chi connectivity index (χ1) is 13.8. The lowest BCUT2D eigenvalue weighted by molar-refractivity contribution is 0.304. The quantitative estimate of drug-likeness (QED) is 0.490. The lowest BCUT2D eigenvalue weighted by Crippen LogP contribution is -1.97. The number of methoxy groups -OCH3 is 1. The number of ether oxygens (including phenoxy) is 2. The molecule has 2 heterocycles. The maximum Gasteiger partial charge on any atom is 0.138 e. The van der Waals surface area contributed by atoms with Gasteiger partial charge < -0.3 is 14.5 Å². The summed E-state index contributed by atoms with van der Waals surface area (Å²) in [5.41, 5.74) is 4.41. The lowest BCUT2D eigenvalue weighted by atomic mass is 10.1. The Labute approximate surface area is 166 Å². The Bertz CT molecular complexity index is 1110. The van der Waals surface area contributed by atoms with E-state index in [1.807, 2.05) is 48.0 Å². The van der Waals surface area contributed by atoms with E-state index in [1.54, 1.807) is 30.6 Å². The van der Waals surface area contributed by atoms with Crippen LogP contribution in [0.25, 0.3) is 22.6 Å². The number of aromatic amines is 1. The van der Waals surface area contributed by atoms with Crippen LogP contribution in [0.5, 0.6) is 11.5 Å². The SMILES string of the molecule is COc1cc(OCc2ccc(C#N)cc2)ccc1-c1c[nH]c(-c2ccsc2)n1. The molecule has 0 saturated heterocycles. The molecular weight excluding hydrogens is 370 g/mol. The summed E-state index contributed by atoms with van der Waals surface area (Å²) < 4.78 is 11.4. The monoisotopic (exact) mass is 387 g/mol. The number of hydrogen-bond donors (Lipinski definition) is 1. The first kappa shape index (κ1) is 17.8. The van der Waals surface area contributed by atoms with Crippen LogP contribution in [0.15, 0.2) is 65.5 Å². The van der Waals surface area contributed by atoms with Gasteiger partial charge in [-0.25, -0.2) is 4.98 Å². The van der Waals surface area contributed by atoms with E-state index in [-0.39, 0.29) is 0 Å². The number of nitrogens with one attached hydrogen (secondary N) is 1. The zero-order valence-electron chi connectivity index (χ0n) is 15.2.